The van der Waals surface area contributed by atoms with Gasteiger partial charge in [0.1, 0.15) is 6.04 Å². The Kier molecular flexibility index (Phi) is 5.97. The highest BCUT2D eigenvalue weighted by molar-refractivity contribution is 7.80. The monoisotopic (exact) mass is 443 g/mol. The van der Waals surface area contributed by atoms with E-state index in [0.29, 0.717) is 30.4 Å². The van der Waals surface area contributed by atoms with Crippen LogP contribution >= 0.6 is 0 Å². The zero-order valence-corrected chi connectivity index (χ0v) is 17.0. The van der Waals surface area contributed by atoms with Crippen LogP contribution in [0.4, 0.5) is 4.79 Å². The van der Waals surface area contributed by atoms with E-state index in [1.165, 1.54) is 4.90 Å². The summed E-state index contributed by atoms with van der Waals surface area (Å²) in [6.07, 6.45) is 5.67. The number of rotatable bonds is 8. The van der Waals surface area contributed by atoms with Crippen LogP contribution in [0.25, 0.3) is 0 Å². The molecule has 2 bridgehead atoms. The maximum Gasteiger partial charge on any atom is 0.418 e. The van der Waals surface area contributed by atoms with Crippen molar-refractivity contribution in [3.63, 3.8) is 0 Å². The van der Waals surface area contributed by atoms with Crippen molar-refractivity contribution in [2.75, 3.05) is 19.7 Å². The van der Waals surface area contributed by atoms with Crippen LogP contribution in [0.15, 0.2) is 24.5 Å². The van der Waals surface area contributed by atoms with Crippen LogP contribution in [0.5, 0.6) is 0 Å². The number of nitrogens with one attached hydrogen (secondary N) is 2. The SMILES string of the molecule is O=C(NOC[C@H]1C[C@H](Cn2cccc2)CN1)C1CCC2CN1C(=O)N2OS(=O)(=O)O. The van der Waals surface area contributed by atoms with E-state index in [1.54, 1.807) is 0 Å². The first kappa shape index (κ1) is 21.1. The second-order valence-corrected chi connectivity index (χ2v) is 8.88. The molecular weight excluding hydrogens is 418 g/mol. The van der Waals surface area contributed by atoms with Crippen LogP contribution in [-0.4, -0.2) is 77.3 Å². The van der Waals surface area contributed by atoms with Gasteiger partial charge in [-0.25, -0.2) is 10.3 Å². The number of carbonyl (C=O) groups excluding carboxylic acids is 2. The number of nitrogens with zero attached hydrogens (tertiary/aromatic N) is 3. The van der Waals surface area contributed by atoms with E-state index in [0.717, 1.165) is 19.5 Å². The Bertz CT molecular complexity index is 877. The van der Waals surface area contributed by atoms with E-state index in [2.05, 4.69) is 19.6 Å². The Balaban J connectivity index is 1.22. The molecule has 3 N–H and O–H groups in total. The topological polar surface area (TPSA) is 142 Å². The van der Waals surface area contributed by atoms with Crippen LogP contribution in [-0.2, 0) is 30.9 Å². The molecule has 2 unspecified atom stereocenters. The third-order valence-electron chi connectivity index (χ3n) is 5.71. The molecule has 1 aromatic heterocycles. The number of hydrogen-bond donors (Lipinski definition) is 3. The molecule has 0 radical (unpaired) electrons. The van der Waals surface area contributed by atoms with Gasteiger partial charge in [0.25, 0.3) is 5.91 Å². The van der Waals surface area contributed by atoms with Crippen molar-refractivity contribution >= 4 is 22.3 Å². The molecule has 4 rings (SSSR count). The van der Waals surface area contributed by atoms with Gasteiger partial charge in [-0.1, -0.05) is 0 Å². The molecule has 4 atom stereocenters. The maximum absolute atomic E-state index is 12.5. The molecule has 12 nitrogen and oxygen atoms in total. The molecule has 3 saturated heterocycles. The fourth-order valence-electron chi connectivity index (χ4n) is 4.34. The van der Waals surface area contributed by atoms with Crippen molar-refractivity contribution in [2.45, 2.75) is 43.9 Å². The van der Waals surface area contributed by atoms with Crippen molar-refractivity contribution in [2.24, 2.45) is 5.92 Å². The Hall–Kier alpha value is -2.19. The molecule has 4 heterocycles. The van der Waals surface area contributed by atoms with Crippen LogP contribution in [0, 0.1) is 5.92 Å². The minimum absolute atomic E-state index is 0.119. The minimum atomic E-state index is -4.82. The largest absolute Gasteiger partial charge is 0.418 e. The zero-order valence-electron chi connectivity index (χ0n) is 16.2. The summed E-state index contributed by atoms with van der Waals surface area (Å²) in [6.45, 7) is 2.23. The normalized spacial score (nSPS) is 28.9. The van der Waals surface area contributed by atoms with Crippen molar-refractivity contribution in [1.82, 2.24) is 25.3 Å². The lowest BCUT2D eigenvalue weighted by atomic mass is 10.0. The molecule has 3 amide bonds. The van der Waals surface area contributed by atoms with Gasteiger partial charge in [-0.3, -0.25) is 14.2 Å². The Labute approximate surface area is 173 Å². The summed E-state index contributed by atoms with van der Waals surface area (Å²) in [5.74, 6) is 0.00498. The second-order valence-electron chi connectivity index (χ2n) is 7.87. The first-order valence-electron chi connectivity index (χ1n) is 9.83. The third-order valence-corrected chi connectivity index (χ3v) is 6.05. The van der Waals surface area contributed by atoms with E-state index < -0.39 is 34.4 Å². The van der Waals surface area contributed by atoms with E-state index >= 15 is 0 Å². The van der Waals surface area contributed by atoms with Crippen molar-refractivity contribution in [3.8, 4) is 0 Å². The number of fused-ring (bicyclic) bond motifs is 2. The summed E-state index contributed by atoms with van der Waals surface area (Å²) in [4.78, 5) is 31.4. The molecule has 1 aromatic rings. The molecule has 0 aliphatic carbocycles. The summed E-state index contributed by atoms with van der Waals surface area (Å²) in [7, 11) is -4.82. The van der Waals surface area contributed by atoms with Gasteiger partial charge in [0.05, 0.1) is 12.6 Å². The van der Waals surface area contributed by atoms with Crippen LogP contribution in [0.3, 0.4) is 0 Å². The third kappa shape index (κ3) is 4.75. The molecule has 0 saturated carbocycles. The molecule has 13 heteroatoms. The predicted octanol–water partition coefficient (Wildman–Crippen LogP) is -0.483. The number of urea groups is 1. The average Bonchev–Trinajstić information content (AvgIpc) is 3.40. The van der Waals surface area contributed by atoms with Gasteiger partial charge in [0, 0.05) is 38.1 Å². The molecule has 30 heavy (non-hydrogen) atoms. The molecule has 0 spiro atoms. The van der Waals surface area contributed by atoms with E-state index in [4.69, 9.17) is 9.39 Å². The zero-order chi connectivity index (χ0) is 21.3. The van der Waals surface area contributed by atoms with Gasteiger partial charge >= 0.3 is 16.4 Å². The van der Waals surface area contributed by atoms with Gasteiger partial charge in [0.15, 0.2) is 0 Å². The highest BCUT2D eigenvalue weighted by Crippen LogP contribution is 2.30. The minimum Gasteiger partial charge on any atom is -0.354 e. The van der Waals surface area contributed by atoms with Gasteiger partial charge in [-0.2, -0.15) is 13.5 Å². The van der Waals surface area contributed by atoms with E-state index in [9.17, 15) is 18.0 Å². The standard InChI is InChI=1S/C17H25N5O7S/c23-16(15-4-3-14-10-21(15)17(24)22(14)29-30(25,26)27)19-28-11-13-7-12(8-18-13)9-20-5-1-2-6-20/h1-2,5-6,12-15,18H,3-4,7-11H2,(H,19,23)(H,25,26,27)/t12-,13+,14?,15?/m0/s1. The van der Waals surface area contributed by atoms with Crippen LogP contribution in [0.2, 0.25) is 0 Å². The summed E-state index contributed by atoms with van der Waals surface area (Å²) in [5, 5.41) is 3.98. The number of aromatic nitrogens is 1. The molecule has 3 aliphatic heterocycles. The Morgan fingerprint density at radius 2 is 2.07 bits per heavy atom. The summed E-state index contributed by atoms with van der Waals surface area (Å²) in [5.41, 5.74) is 2.40. The number of carbonyl (C=O) groups is 2. The van der Waals surface area contributed by atoms with Crippen LogP contribution < -0.4 is 10.8 Å². The maximum atomic E-state index is 12.5. The Morgan fingerprint density at radius 3 is 2.80 bits per heavy atom. The van der Waals surface area contributed by atoms with E-state index in [-0.39, 0.29) is 12.6 Å². The number of hydrogen-bond acceptors (Lipinski definition) is 7. The van der Waals surface area contributed by atoms with Crippen molar-refractivity contribution in [3.05, 3.63) is 24.5 Å². The highest BCUT2D eigenvalue weighted by atomic mass is 32.3. The van der Waals surface area contributed by atoms with Crippen LogP contribution in [0.1, 0.15) is 19.3 Å². The lowest BCUT2D eigenvalue weighted by Crippen LogP contribution is -2.50. The van der Waals surface area contributed by atoms with Crippen molar-refractivity contribution in [1.29, 1.82) is 0 Å². The summed E-state index contributed by atoms with van der Waals surface area (Å²) >= 11 is 0. The predicted molar refractivity (Wildman–Crippen MR) is 102 cm³/mol. The van der Waals surface area contributed by atoms with Crippen molar-refractivity contribution < 1.29 is 31.7 Å². The summed E-state index contributed by atoms with van der Waals surface area (Å²) < 4.78 is 37.2. The van der Waals surface area contributed by atoms with E-state index in [1.807, 2.05) is 24.5 Å². The molecular formula is C17H25N5O7S. The molecule has 166 valence electrons. The lowest BCUT2D eigenvalue weighted by Gasteiger charge is -2.29. The first-order chi connectivity index (χ1) is 14.3. The number of amides is 3. The second kappa shape index (κ2) is 8.51. The Morgan fingerprint density at radius 1 is 1.30 bits per heavy atom. The quantitative estimate of drug-likeness (QED) is 0.361. The average molecular weight is 443 g/mol. The highest BCUT2D eigenvalue weighted by Gasteiger charge is 2.49. The van der Waals surface area contributed by atoms with Gasteiger partial charge < -0.3 is 14.8 Å². The number of hydroxylamine groups is 3. The first-order valence-corrected chi connectivity index (χ1v) is 11.2. The molecule has 3 fully saturated rings. The van der Waals surface area contributed by atoms with Gasteiger partial charge in [-0.05, 0) is 37.3 Å². The lowest BCUT2D eigenvalue weighted by molar-refractivity contribution is -0.139. The fourth-order valence-corrected chi connectivity index (χ4v) is 4.73. The van der Waals surface area contributed by atoms with Gasteiger partial charge in [-0.15, -0.1) is 4.28 Å². The fraction of sp³-hybridized carbons (Fsp3) is 0.647. The molecule has 0 aromatic carbocycles. The smallest absolute Gasteiger partial charge is 0.354 e. The summed E-state index contributed by atoms with van der Waals surface area (Å²) in [6, 6.07) is 2.00. The molecule has 3 aliphatic rings. The van der Waals surface area contributed by atoms with Gasteiger partial charge in [0.2, 0.25) is 0 Å². The number of piperidine rings is 1.